The van der Waals surface area contributed by atoms with Crippen LogP contribution in [0.15, 0.2) is 23.3 Å². The lowest BCUT2D eigenvalue weighted by Gasteiger charge is -2.10. The molecule has 0 spiro atoms. The van der Waals surface area contributed by atoms with Crippen LogP contribution in [0, 0.1) is 29.6 Å². The van der Waals surface area contributed by atoms with Crippen LogP contribution in [0.25, 0.3) is 0 Å². The van der Waals surface area contributed by atoms with Crippen molar-refractivity contribution in [1.82, 2.24) is 0 Å². The third-order valence-electron chi connectivity index (χ3n) is 2.27. The summed E-state index contributed by atoms with van der Waals surface area (Å²) in [5.74, 6) is -0.128. The first-order valence-electron chi connectivity index (χ1n) is 5.65. The quantitative estimate of drug-likeness (QED) is 0.635. The molecule has 0 radical (unpaired) electrons. The van der Waals surface area contributed by atoms with Gasteiger partial charge in [0.15, 0.2) is 0 Å². The number of hydrogen-bond acceptors (Lipinski definition) is 5. The van der Waals surface area contributed by atoms with E-state index in [1.165, 1.54) is 0 Å². The van der Waals surface area contributed by atoms with Crippen LogP contribution in [0.1, 0.15) is 18.9 Å². The first-order chi connectivity index (χ1) is 9.10. The average Bonchev–Trinajstić information content (AvgIpc) is 2.42. The van der Waals surface area contributed by atoms with Gasteiger partial charge in [0, 0.05) is 6.42 Å². The van der Waals surface area contributed by atoms with E-state index in [4.69, 9.17) is 10.5 Å². The zero-order valence-electron chi connectivity index (χ0n) is 10.7. The van der Waals surface area contributed by atoms with Gasteiger partial charge in [0.2, 0.25) is 11.6 Å². The number of nitrogens with one attached hydrogen (secondary N) is 2. The van der Waals surface area contributed by atoms with Crippen molar-refractivity contribution in [1.29, 1.82) is 10.5 Å². The van der Waals surface area contributed by atoms with E-state index >= 15 is 0 Å². The van der Waals surface area contributed by atoms with Crippen LogP contribution in [-0.4, -0.2) is 11.6 Å². The summed E-state index contributed by atoms with van der Waals surface area (Å²) in [5, 5.41) is 23.6. The molecule has 0 aromatic heterocycles. The second kappa shape index (κ2) is 6.77. The van der Waals surface area contributed by atoms with Gasteiger partial charge in [-0.2, -0.15) is 15.6 Å². The number of hydrogen-bond donors (Lipinski definition) is 2. The molecular formula is C13H13N5O. The van der Waals surface area contributed by atoms with E-state index in [1.54, 1.807) is 31.2 Å². The van der Waals surface area contributed by atoms with Gasteiger partial charge in [-0.15, -0.1) is 0 Å². The summed E-state index contributed by atoms with van der Waals surface area (Å²) in [6.45, 7) is 3.63. The number of rotatable bonds is 4. The Kier molecular flexibility index (Phi) is 5.06. The monoisotopic (exact) mass is 255 g/mol. The van der Waals surface area contributed by atoms with Gasteiger partial charge in [-0.3, -0.25) is 10.2 Å². The summed E-state index contributed by atoms with van der Waals surface area (Å²) in [7, 11) is 0. The van der Waals surface area contributed by atoms with Crippen molar-refractivity contribution in [3.8, 4) is 12.1 Å². The summed E-state index contributed by atoms with van der Waals surface area (Å²) in [4.78, 5) is 11.4. The molecule has 96 valence electrons. The lowest BCUT2D eigenvalue weighted by Crippen LogP contribution is -2.11. The predicted octanol–water partition coefficient (Wildman–Crippen LogP) is 2.16. The molecule has 0 saturated heterocycles. The minimum Gasteiger partial charge on any atom is -0.324 e. The zero-order valence-corrected chi connectivity index (χ0v) is 10.7. The normalized spacial score (nSPS) is 8.84. The van der Waals surface area contributed by atoms with E-state index in [-0.39, 0.29) is 11.6 Å². The molecule has 0 unspecified atom stereocenters. The largest absolute Gasteiger partial charge is 0.324 e. The van der Waals surface area contributed by atoms with Crippen molar-refractivity contribution >= 4 is 23.0 Å². The van der Waals surface area contributed by atoms with Crippen LogP contribution >= 0.6 is 0 Å². The molecule has 1 aromatic carbocycles. The van der Waals surface area contributed by atoms with Gasteiger partial charge in [-0.25, -0.2) is 0 Å². The molecule has 0 bridgehead atoms. The molecule has 0 heterocycles. The summed E-state index contributed by atoms with van der Waals surface area (Å²) < 4.78 is 0. The maximum absolute atomic E-state index is 11.4. The molecule has 6 nitrogen and oxygen atoms in total. The third-order valence-corrected chi connectivity index (χ3v) is 2.27. The molecule has 2 N–H and O–H groups in total. The van der Waals surface area contributed by atoms with Crippen LogP contribution in [-0.2, 0) is 4.79 Å². The van der Waals surface area contributed by atoms with Crippen molar-refractivity contribution in [3.05, 3.63) is 23.8 Å². The summed E-state index contributed by atoms with van der Waals surface area (Å²) in [6.07, 6.45) is 0.359. The minimum atomic E-state index is -0.283. The Balaban J connectivity index is 3.02. The highest BCUT2D eigenvalue weighted by Gasteiger charge is 2.06. The number of benzene rings is 1. The number of hydrazone groups is 1. The van der Waals surface area contributed by atoms with Gasteiger partial charge in [0.05, 0.1) is 11.4 Å². The number of amides is 1. The molecule has 19 heavy (non-hydrogen) atoms. The van der Waals surface area contributed by atoms with Crippen molar-refractivity contribution in [3.63, 3.8) is 0 Å². The van der Waals surface area contributed by atoms with Crippen molar-refractivity contribution in [2.75, 3.05) is 10.7 Å². The molecular weight excluding hydrogens is 242 g/mol. The Labute approximate surface area is 111 Å². The fourth-order valence-corrected chi connectivity index (χ4v) is 1.29. The molecule has 0 fully saturated rings. The standard InChI is InChI=1S/C13H13N5O/c1-3-13(19)16-11-5-4-9(2)6-12(11)18-17-10(7-14)8-15/h4-6,18H,3H2,1-2H3,(H,16,19). The maximum atomic E-state index is 11.4. The topological polar surface area (TPSA) is 101 Å². The minimum absolute atomic E-state index is 0.128. The van der Waals surface area contributed by atoms with Crippen LogP contribution < -0.4 is 10.7 Å². The summed E-state index contributed by atoms with van der Waals surface area (Å²) in [6, 6.07) is 8.64. The fraction of sp³-hybridized carbons (Fsp3) is 0.231. The van der Waals surface area contributed by atoms with Gasteiger partial charge in [0.25, 0.3) is 0 Å². The smallest absolute Gasteiger partial charge is 0.237 e. The van der Waals surface area contributed by atoms with Crippen molar-refractivity contribution < 1.29 is 4.79 Å². The van der Waals surface area contributed by atoms with Gasteiger partial charge >= 0.3 is 0 Å². The molecule has 0 aliphatic rings. The lowest BCUT2D eigenvalue weighted by molar-refractivity contribution is -0.115. The maximum Gasteiger partial charge on any atom is 0.237 e. The fourth-order valence-electron chi connectivity index (χ4n) is 1.29. The van der Waals surface area contributed by atoms with E-state index in [9.17, 15) is 4.79 Å². The Morgan fingerprint density at radius 2 is 2.00 bits per heavy atom. The predicted molar refractivity (Wildman–Crippen MR) is 72.4 cm³/mol. The molecule has 0 aliphatic heterocycles. The number of nitriles is 2. The number of carbonyl (C=O) groups excluding carboxylic acids is 1. The van der Waals surface area contributed by atoms with Crippen LogP contribution in [0.2, 0.25) is 0 Å². The van der Waals surface area contributed by atoms with Gasteiger partial charge in [-0.1, -0.05) is 13.0 Å². The third kappa shape index (κ3) is 4.14. The van der Waals surface area contributed by atoms with Gasteiger partial charge < -0.3 is 5.32 Å². The summed E-state index contributed by atoms with van der Waals surface area (Å²) in [5.41, 5.74) is 4.38. The van der Waals surface area contributed by atoms with Crippen LogP contribution in [0.3, 0.4) is 0 Å². The second-order valence-corrected chi connectivity index (χ2v) is 3.75. The molecule has 1 amide bonds. The Morgan fingerprint density at radius 3 is 2.58 bits per heavy atom. The van der Waals surface area contributed by atoms with Crippen molar-refractivity contribution in [2.45, 2.75) is 20.3 Å². The molecule has 1 rings (SSSR count). The molecule has 0 aliphatic carbocycles. The highest BCUT2D eigenvalue weighted by atomic mass is 16.1. The van der Waals surface area contributed by atoms with Crippen LogP contribution in [0.5, 0.6) is 0 Å². The van der Waals surface area contributed by atoms with Gasteiger partial charge in [0.1, 0.15) is 12.1 Å². The molecule has 0 saturated carbocycles. The Morgan fingerprint density at radius 1 is 1.32 bits per heavy atom. The Bertz CT molecular complexity index is 576. The first kappa shape index (κ1) is 14.2. The van der Waals surface area contributed by atoms with E-state index in [1.807, 2.05) is 13.0 Å². The lowest BCUT2D eigenvalue weighted by atomic mass is 10.2. The molecule has 1 aromatic rings. The van der Waals surface area contributed by atoms with E-state index in [0.717, 1.165) is 5.56 Å². The average molecular weight is 255 g/mol. The number of anilines is 2. The molecule has 0 atom stereocenters. The van der Waals surface area contributed by atoms with E-state index < -0.39 is 0 Å². The second-order valence-electron chi connectivity index (χ2n) is 3.75. The molecule has 6 heteroatoms. The first-order valence-corrected chi connectivity index (χ1v) is 5.65. The number of nitrogens with zero attached hydrogens (tertiary/aromatic N) is 3. The van der Waals surface area contributed by atoms with Gasteiger partial charge in [-0.05, 0) is 24.6 Å². The number of carbonyl (C=O) groups is 1. The SMILES string of the molecule is CCC(=O)Nc1ccc(C)cc1NN=C(C#N)C#N. The highest BCUT2D eigenvalue weighted by molar-refractivity contribution is 6.10. The Hall–Kier alpha value is -2.86. The summed E-state index contributed by atoms with van der Waals surface area (Å²) >= 11 is 0. The highest BCUT2D eigenvalue weighted by Crippen LogP contribution is 2.23. The van der Waals surface area contributed by atoms with E-state index in [0.29, 0.717) is 17.8 Å². The van der Waals surface area contributed by atoms with E-state index in [2.05, 4.69) is 15.8 Å². The van der Waals surface area contributed by atoms with Crippen LogP contribution in [0.4, 0.5) is 11.4 Å². The zero-order chi connectivity index (χ0) is 14.3. The van der Waals surface area contributed by atoms with Crippen molar-refractivity contribution in [2.24, 2.45) is 5.10 Å². The number of aryl methyl sites for hydroxylation is 1.